The van der Waals surface area contributed by atoms with Crippen molar-refractivity contribution in [2.24, 2.45) is 0 Å². The van der Waals surface area contributed by atoms with Gasteiger partial charge >= 0.3 is 0 Å². The summed E-state index contributed by atoms with van der Waals surface area (Å²) in [5, 5.41) is 3.30. The van der Waals surface area contributed by atoms with Gasteiger partial charge in [-0.25, -0.2) is 4.39 Å². The fourth-order valence-corrected chi connectivity index (χ4v) is 3.44. The molecule has 1 unspecified atom stereocenters. The third kappa shape index (κ3) is 4.62. The molecule has 4 heteroatoms. The van der Waals surface area contributed by atoms with Crippen molar-refractivity contribution in [3.63, 3.8) is 0 Å². The van der Waals surface area contributed by atoms with Crippen molar-refractivity contribution in [1.29, 1.82) is 0 Å². The van der Waals surface area contributed by atoms with Gasteiger partial charge in [-0.15, -0.1) is 11.8 Å². The van der Waals surface area contributed by atoms with Crippen molar-refractivity contribution in [3.05, 3.63) is 64.4 Å². The van der Waals surface area contributed by atoms with Gasteiger partial charge in [-0.3, -0.25) is 0 Å². The predicted octanol–water partition coefficient (Wildman–Crippen LogP) is 4.51. The molecule has 0 spiro atoms. The zero-order chi connectivity index (χ0) is 14.4. The molecule has 0 amide bonds. The molecule has 20 heavy (non-hydrogen) atoms. The number of nitrogens with one attached hydrogen (secondary N) is 1. The van der Waals surface area contributed by atoms with Crippen molar-refractivity contribution in [1.82, 2.24) is 5.32 Å². The van der Waals surface area contributed by atoms with Crippen LogP contribution in [0.3, 0.4) is 0 Å². The number of hydrogen-bond donors (Lipinski definition) is 1. The maximum Gasteiger partial charge on any atom is 0.136 e. The monoisotopic (exact) mass is 353 g/mol. The summed E-state index contributed by atoms with van der Waals surface area (Å²) in [6.45, 7) is 0. The highest BCUT2D eigenvalue weighted by molar-refractivity contribution is 9.10. The van der Waals surface area contributed by atoms with Gasteiger partial charge in [-0.05, 0) is 43.3 Å². The Morgan fingerprint density at radius 3 is 2.70 bits per heavy atom. The Morgan fingerprint density at radius 1 is 1.20 bits per heavy atom. The highest BCUT2D eigenvalue weighted by Gasteiger charge is 2.10. The van der Waals surface area contributed by atoms with Crippen molar-refractivity contribution >= 4 is 27.7 Å². The van der Waals surface area contributed by atoms with Crippen molar-refractivity contribution in [2.75, 3.05) is 12.8 Å². The minimum atomic E-state index is -0.144. The maximum atomic E-state index is 13.6. The molecular weight excluding hydrogens is 337 g/mol. The quantitative estimate of drug-likeness (QED) is 0.766. The molecule has 106 valence electrons. The molecule has 1 N–H and O–H groups in total. The standard InChI is InChI=1S/C16H17BrFNS/c1-19-14(10-12-5-4-6-13(17)9-12)11-20-16-8-3-2-7-15(16)18/h2-9,14,19H,10-11H2,1H3. The van der Waals surface area contributed by atoms with Crippen LogP contribution >= 0.6 is 27.7 Å². The Kier molecular flexibility index (Phi) is 6.07. The molecule has 2 aromatic rings. The van der Waals surface area contributed by atoms with Crippen LogP contribution in [0.15, 0.2) is 57.9 Å². The average Bonchev–Trinajstić information content (AvgIpc) is 2.45. The smallest absolute Gasteiger partial charge is 0.136 e. The molecule has 0 saturated carbocycles. The molecule has 0 aliphatic heterocycles. The fraction of sp³-hybridized carbons (Fsp3) is 0.250. The lowest BCUT2D eigenvalue weighted by atomic mass is 10.1. The van der Waals surface area contributed by atoms with Gasteiger partial charge < -0.3 is 5.32 Å². The number of hydrogen-bond acceptors (Lipinski definition) is 2. The van der Waals surface area contributed by atoms with Gasteiger partial charge in [-0.1, -0.05) is 40.2 Å². The highest BCUT2D eigenvalue weighted by atomic mass is 79.9. The van der Waals surface area contributed by atoms with Crippen LogP contribution in [0.5, 0.6) is 0 Å². The van der Waals surface area contributed by atoms with Crippen LogP contribution in [0.25, 0.3) is 0 Å². The van der Waals surface area contributed by atoms with Gasteiger partial charge in [0, 0.05) is 21.2 Å². The molecule has 0 bridgehead atoms. The van der Waals surface area contributed by atoms with Crippen LogP contribution in [0, 0.1) is 5.82 Å². The molecule has 0 aromatic heterocycles. The summed E-state index contributed by atoms with van der Waals surface area (Å²) < 4.78 is 14.7. The topological polar surface area (TPSA) is 12.0 Å². The lowest BCUT2D eigenvalue weighted by Crippen LogP contribution is -2.30. The van der Waals surface area contributed by atoms with E-state index in [0.29, 0.717) is 10.9 Å². The number of likely N-dealkylation sites (N-methyl/N-ethyl adjacent to an activating group) is 1. The number of rotatable bonds is 6. The molecule has 0 heterocycles. The second-order valence-electron chi connectivity index (χ2n) is 4.56. The van der Waals surface area contributed by atoms with Crippen LogP contribution in [-0.4, -0.2) is 18.8 Å². The summed E-state index contributed by atoms with van der Waals surface area (Å²) in [5.74, 6) is 0.694. The molecule has 0 saturated heterocycles. The first-order chi connectivity index (χ1) is 9.69. The minimum absolute atomic E-state index is 0.144. The molecule has 0 aliphatic rings. The van der Waals surface area contributed by atoms with Crippen molar-refractivity contribution < 1.29 is 4.39 Å². The second kappa shape index (κ2) is 7.81. The van der Waals surface area contributed by atoms with Crippen LogP contribution in [0.1, 0.15) is 5.56 Å². The van der Waals surface area contributed by atoms with Crippen molar-refractivity contribution in [3.8, 4) is 0 Å². The Bertz CT molecular complexity index is 562. The van der Waals surface area contributed by atoms with Crippen LogP contribution < -0.4 is 5.32 Å². The molecule has 2 rings (SSSR count). The summed E-state index contributed by atoms with van der Waals surface area (Å²) in [6, 6.07) is 15.5. The summed E-state index contributed by atoms with van der Waals surface area (Å²) in [5.41, 5.74) is 1.27. The van der Waals surface area contributed by atoms with E-state index in [1.807, 2.05) is 31.3 Å². The Labute approximate surface area is 132 Å². The van der Waals surface area contributed by atoms with Gasteiger partial charge in [0.25, 0.3) is 0 Å². The Morgan fingerprint density at radius 2 is 2.00 bits per heavy atom. The van der Waals surface area contributed by atoms with E-state index in [1.54, 1.807) is 17.8 Å². The van der Waals surface area contributed by atoms with E-state index in [1.165, 1.54) is 11.6 Å². The Balaban J connectivity index is 1.94. The average molecular weight is 354 g/mol. The molecule has 0 radical (unpaired) electrons. The summed E-state index contributed by atoms with van der Waals surface area (Å²) in [6.07, 6.45) is 0.928. The van der Waals surface area contributed by atoms with Gasteiger partial charge in [0.05, 0.1) is 0 Å². The molecule has 1 nitrogen and oxygen atoms in total. The lowest BCUT2D eigenvalue weighted by molar-refractivity contribution is 0.598. The number of thioether (sulfide) groups is 1. The van der Waals surface area contributed by atoms with Gasteiger partial charge in [0.2, 0.25) is 0 Å². The van der Waals surface area contributed by atoms with Crippen LogP contribution in [0.4, 0.5) is 4.39 Å². The molecule has 2 aromatic carbocycles. The molecule has 0 fully saturated rings. The predicted molar refractivity (Wildman–Crippen MR) is 87.8 cm³/mol. The maximum absolute atomic E-state index is 13.6. The van der Waals surface area contributed by atoms with E-state index in [9.17, 15) is 4.39 Å². The molecule has 1 atom stereocenters. The van der Waals surface area contributed by atoms with E-state index >= 15 is 0 Å². The third-order valence-corrected chi connectivity index (χ3v) is 4.76. The SMILES string of the molecule is CNC(CSc1ccccc1F)Cc1cccc(Br)c1. The first-order valence-electron chi connectivity index (χ1n) is 6.48. The zero-order valence-corrected chi connectivity index (χ0v) is 13.7. The molecule has 0 aliphatic carbocycles. The van der Waals surface area contributed by atoms with Gasteiger partial charge in [0.1, 0.15) is 5.82 Å². The van der Waals surface area contributed by atoms with E-state index in [-0.39, 0.29) is 5.82 Å². The zero-order valence-electron chi connectivity index (χ0n) is 11.3. The number of benzene rings is 2. The fourth-order valence-electron chi connectivity index (χ4n) is 1.94. The molecular formula is C16H17BrFNS. The van der Waals surface area contributed by atoms with E-state index in [0.717, 1.165) is 16.6 Å². The van der Waals surface area contributed by atoms with E-state index in [2.05, 4.69) is 33.4 Å². The Hall–Kier alpha value is -0.840. The second-order valence-corrected chi connectivity index (χ2v) is 6.54. The van der Waals surface area contributed by atoms with Crippen molar-refractivity contribution in [2.45, 2.75) is 17.4 Å². The minimum Gasteiger partial charge on any atom is -0.316 e. The van der Waals surface area contributed by atoms with Crippen LogP contribution in [-0.2, 0) is 6.42 Å². The van der Waals surface area contributed by atoms with E-state index < -0.39 is 0 Å². The summed E-state index contributed by atoms with van der Waals surface area (Å²) in [7, 11) is 1.95. The first-order valence-corrected chi connectivity index (χ1v) is 8.26. The summed E-state index contributed by atoms with van der Waals surface area (Å²) >= 11 is 5.04. The highest BCUT2D eigenvalue weighted by Crippen LogP contribution is 2.23. The van der Waals surface area contributed by atoms with Gasteiger partial charge in [-0.2, -0.15) is 0 Å². The van der Waals surface area contributed by atoms with E-state index in [4.69, 9.17) is 0 Å². The third-order valence-electron chi connectivity index (χ3n) is 3.06. The number of halogens is 2. The van der Waals surface area contributed by atoms with Crippen LogP contribution in [0.2, 0.25) is 0 Å². The summed E-state index contributed by atoms with van der Waals surface area (Å²) in [4.78, 5) is 0.710. The first kappa shape index (κ1) is 15.5. The van der Waals surface area contributed by atoms with Gasteiger partial charge in [0.15, 0.2) is 0 Å². The lowest BCUT2D eigenvalue weighted by Gasteiger charge is -2.16. The normalized spacial score (nSPS) is 12.3. The largest absolute Gasteiger partial charge is 0.316 e.